The fourth-order valence-corrected chi connectivity index (χ4v) is 0.530. The highest BCUT2D eigenvalue weighted by atomic mass is 16.2. The van der Waals surface area contributed by atoms with Gasteiger partial charge < -0.3 is 22.1 Å². The Hall–Kier alpha value is -0.810. The van der Waals surface area contributed by atoms with Crippen molar-refractivity contribution in [3.63, 3.8) is 0 Å². The predicted octanol–water partition coefficient (Wildman–Crippen LogP) is -1.41. The van der Waals surface area contributed by atoms with Gasteiger partial charge in [0.15, 0.2) is 0 Å². The maximum Gasteiger partial charge on any atom is 0.314 e. The minimum absolute atomic E-state index is 0.155. The van der Waals surface area contributed by atoms with E-state index < -0.39 is 0 Å². The molecule has 5 heteroatoms. The molecular weight excluding hydrogens is 144 g/mol. The van der Waals surface area contributed by atoms with Gasteiger partial charge in [0.05, 0.1) is 0 Å². The Kier molecular flexibility index (Phi) is 5.50. The van der Waals surface area contributed by atoms with Crippen LogP contribution in [0.25, 0.3) is 0 Å². The topological polar surface area (TPSA) is 93.2 Å². The number of carbonyl (C=O) groups excluding carboxylic acids is 1. The van der Waals surface area contributed by atoms with E-state index in [2.05, 4.69) is 10.6 Å². The molecule has 11 heavy (non-hydrogen) atoms. The summed E-state index contributed by atoms with van der Waals surface area (Å²) < 4.78 is 0. The van der Waals surface area contributed by atoms with Gasteiger partial charge >= 0.3 is 6.03 Å². The van der Waals surface area contributed by atoms with Gasteiger partial charge in [-0.2, -0.15) is 0 Å². The van der Waals surface area contributed by atoms with Crippen LogP contribution in [-0.2, 0) is 0 Å². The molecule has 0 aromatic rings. The molecule has 5 nitrogen and oxygen atoms in total. The highest BCUT2D eigenvalue weighted by Crippen LogP contribution is 1.70. The number of amides is 2. The van der Waals surface area contributed by atoms with Crippen LogP contribution in [0.2, 0.25) is 0 Å². The van der Waals surface area contributed by atoms with E-state index in [1.807, 2.05) is 6.92 Å². The Morgan fingerprint density at radius 1 is 1.55 bits per heavy atom. The summed E-state index contributed by atoms with van der Waals surface area (Å²) in [4.78, 5) is 10.7. The molecule has 66 valence electrons. The molecule has 0 heterocycles. The molecule has 0 radical (unpaired) electrons. The number of nitrogens with one attached hydrogen (secondary N) is 2. The van der Waals surface area contributed by atoms with Crippen LogP contribution in [0.3, 0.4) is 0 Å². The van der Waals surface area contributed by atoms with Crippen LogP contribution in [0.1, 0.15) is 6.92 Å². The van der Waals surface area contributed by atoms with Crippen molar-refractivity contribution in [2.45, 2.75) is 13.0 Å². The van der Waals surface area contributed by atoms with E-state index in [9.17, 15) is 4.79 Å². The third-order valence-corrected chi connectivity index (χ3v) is 1.16. The van der Waals surface area contributed by atoms with Crippen LogP contribution >= 0.6 is 0 Å². The first-order chi connectivity index (χ1) is 5.20. The van der Waals surface area contributed by atoms with Crippen LogP contribution in [0.15, 0.2) is 0 Å². The van der Waals surface area contributed by atoms with Crippen LogP contribution in [0, 0.1) is 0 Å². The number of rotatable bonds is 4. The van der Waals surface area contributed by atoms with Crippen molar-refractivity contribution in [1.29, 1.82) is 0 Å². The molecule has 0 rings (SSSR count). The van der Waals surface area contributed by atoms with Gasteiger partial charge in [0.25, 0.3) is 0 Å². The summed E-state index contributed by atoms with van der Waals surface area (Å²) in [5.41, 5.74) is 10.7. The molecular formula is C6H16N4O. The predicted molar refractivity (Wildman–Crippen MR) is 44.1 cm³/mol. The highest BCUT2D eigenvalue weighted by Gasteiger charge is 2.01. The molecule has 1 unspecified atom stereocenters. The van der Waals surface area contributed by atoms with Crippen molar-refractivity contribution in [3.05, 3.63) is 0 Å². The molecule has 0 saturated carbocycles. The van der Waals surface area contributed by atoms with E-state index >= 15 is 0 Å². The monoisotopic (exact) mass is 160 g/mol. The lowest BCUT2D eigenvalue weighted by atomic mass is 10.3. The highest BCUT2D eigenvalue weighted by molar-refractivity contribution is 5.73. The SMILES string of the molecule is CCNC(=O)NCC(N)CN. The van der Waals surface area contributed by atoms with Gasteiger partial charge in [0.1, 0.15) is 0 Å². The second kappa shape index (κ2) is 5.94. The first kappa shape index (κ1) is 10.2. The van der Waals surface area contributed by atoms with Crippen LogP contribution in [0.4, 0.5) is 4.79 Å². The lowest BCUT2D eigenvalue weighted by Crippen LogP contribution is -2.45. The standard InChI is InChI=1S/C6H16N4O/c1-2-9-6(11)10-4-5(8)3-7/h5H,2-4,7-8H2,1H3,(H2,9,10,11). The molecule has 6 N–H and O–H groups in total. The molecule has 0 aliphatic carbocycles. The summed E-state index contributed by atoms with van der Waals surface area (Å²) >= 11 is 0. The lowest BCUT2D eigenvalue weighted by Gasteiger charge is -2.09. The summed E-state index contributed by atoms with van der Waals surface area (Å²) in [7, 11) is 0. The molecule has 0 fully saturated rings. The van der Waals surface area contributed by atoms with Crippen molar-refractivity contribution in [2.24, 2.45) is 11.5 Å². The molecule has 0 saturated heterocycles. The summed E-state index contributed by atoms with van der Waals surface area (Å²) in [6.45, 7) is 3.26. The van der Waals surface area contributed by atoms with Gasteiger partial charge in [-0.1, -0.05) is 0 Å². The van der Waals surface area contributed by atoms with Crippen molar-refractivity contribution < 1.29 is 4.79 Å². The quantitative estimate of drug-likeness (QED) is 0.407. The number of hydrogen-bond donors (Lipinski definition) is 4. The summed E-state index contributed by atoms with van der Waals surface area (Å²) in [6, 6.07) is -0.353. The lowest BCUT2D eigenvalue weighted by molar-refractivity contribution is 0.241. The Labute approximate surface area is 66.5 Å². The maximum absolute atomic E-state index is 10.7. The van der Waals surface area contributed by atoms with Crippen molar-refractivity contribution in [2.75, 3.05) is 19.6 Å². The van der Waals surface area contributed by atoms with Crippen molar-refractivity contribution >= 4 is 6.03 Å². The largest absolute Gasteiger partial charge is 0.338 e. The first-order valence-corrected chi connectivity index (χ1v) is 3.68. The van der Waals surface area contributed by atoms with Gasteiger partial charge in [0, 0.05) is 25.7 Å². The summed E-state index contributed by atoms with van der Waals surface area (Å²) in [6.07, 6.45) is 0. The Balaban J connectivity index is 3.30. The number of urea groups is 1. The molecule has 0 spiro atoms. The Morgan fingerprint density at radius 2 is 2.18 bits per heavy atom. The normalized spacial score (nSPS) is 12.3. The van der Waals surface area contributed by atoms with E-state index in [0.29, 0.717) is 19.6 Å². The van der Waals surface area contributed by atoms with Gasteiger partial charge in [-0.15, -0.1) is 0 Å². The zero-order valence-corrected chi connectivity index (χ0v) is 6.76. The average Bonchev–Trinajstić information content (AvgIpc) is 2.01. The zero-order chi connectivity index (χ0) is 8.69. The molecule has 0 aliphatic rings. The Morgan fingerprint density at radius 3 is 2.64 bits per heavy atom. The Bertz CT molecular complexity index is 117. The summed E-state index contributed by atoms with van der Waals surface area (Å²) in [5.74, 6) is 0. The number of nitrogens with two attached hydrogens (primary N) is 2. The van der Waals surface area contributed by atoms with E-state index in [4.69, 9.17) is 11.5 Å². The fourth-order valence-electron chi connectivity index (χ4n) is 0.530. The minimum atomic E-state index is -0.198. The molecule has 2 amide bonds. The van der Waals surface area contributed by atoms with Gasteiger partial charge in [-0.05, 0) is 6.92 Å². The van der Waals surface area contributed by atoms with Crippen LogP contribution in [0.5, 0.6) is 0 Å². The average molecular weight is 160 g/mol. The van der Waals surface area contributed by atoms with E-state index in [1.54, 1.807) is 0 Å². The van der Waals surface area contributed by atoms with Crippen molar-refractivity contribution in [3.8, 4) is 0 Å². The van der Waals surface area contributed by atoms with Crippen LogP contribution in [-0.4, -0.2) is 31.7 Å². The first-order valence-electron chi connectivity index (χ1n) is 3.68. The zero-order valence-electron chi connectivity index (χ0n) is 6.76. The fraction of sp³-hybridized carbons (Fsp3) is 0.833. The van der Waals surface area contributed by atoms with E-state index in [-0.39, 0.29) is 12.1 Å². The van der Waals surface area contributed by atoms with Gasteiger partial charge in [-0.3, -0.25) is 0 Å². The molecule has 0 aromatic heterocycles. The second-order valence-corrected chi connectivity index (χ2v) is 2.24. The number of carbonyl (C=O) groups is 1. The molecule has 1 atom stereocenters. The van der Waals surface area contributed by atoms with Gasteiger partial charge in [0.2, 0.25) is 0 Å². The third-order valence-electron chi connectivity index (χ3n) is 1.16. The molecule has 0 aromatic carbocycles. The van der Waals surface area contributed by atoms with Gasteiger partial charge in [-0.25, -0.2) is 4.79 Å². The summed E-state index contributed by atoms with van der Waals surface area (Å²) in [5, 5.41) is 5.16. The van der Waals surface area contributed by atoms with Crippen LogP contribution < -0.4 is 22.1 Å². The van der Waals surface area contributed by atoms with E-state index in [1.165, 1.54) is 0 Å². The molecule has 0 aliphatic heterocycles. The number of hydrogen-bond acceptors (Lipinski definition) is 3. The second-order valence-electron chi connectivity index (χ2n) is 2.24. The smallest absolute Gasteiger partial charge is 0.314 e. The van der Waals surface area contributed by atoms with Crippen molar-refractivity contribution in [1.82, 2.24) is 10.6 Å². The third kappa shape index (κ3) is 5.63. The van der Waals surface area contributed by atoms with E-state index in [0.717, 1.165) is 0 Å². The maximum atomic E-state index is 10.7. The minimum Gasteiger partial charge on any atom is -0.338 e. The molecule has 0 bridgehead atoms.